The molecule has 2 heterocycles. The molecule has 1 amide bonds. The van der Waals surface area contributed by atoms with Gasteiger partial charge in [-0.05, 0) is 42.7 Å². The summed E-state index contributed by atoms with van der Waals surface area (Å²) < 4.78 is 84.4. The number of nitrogens with zero attached hydrogens (tertiary/aromatic N) is 1. The minimum absolute atomic E-state index is 0.0626. The van der Waals surface area contributed by atoms with Crippen LogP contribution in [0.4, 0.5) is 26.3 Å². The van der Waals surface area contributed by atoms with Gasteiger partial charge in [-0.25, -0.2) is 0 Å². The first-order valence-corrected chi connectivity index (χ1v) is 9.15. The van der Waals surface area contributed by atoms with Crippen molar-refractivity contribution in [1.82, 2.24) is 10.3 Å². The summed E-state index contributed by atoms with van der Waals surface area (Å²) in [5, 5.41) is 2.55. The molecule has 0 saturated carbocycles. The standard InChI is InChI=1S/C20H18F6N2O2/c21-19(22,23)14-5-3-12(4-6-14)16(28-18(29)13-7-10-30-11-8-13)17-15(20(24,25)26)2-1-9-27-17/h1-6,9,13,16H,7-8,10-11H2,(H,28,29)/t16-/m0/s1. The van der Waals surface area contributed by atoms with Gasteiger partial charge in [0.25, 0.3) is 0 Å². The summed E-state index contributed by atoms with van der Waals surface area (Å²) in [4.78, 5) is 16.5. The predicted octanol–water partition coefficient (Wildman–Crippen LogP) is 4.75. The first-order valence-electron chi connectivity index (χ1n) is 9.15. The number of aromatic nitrogens is 1. The summed E-state index contributed by atoms with van der Waals surface area (Å²) in [6.07, 6.45) is -7.40. The zero-order chi connectivity index (χ0) is 21.9. The molecule has 0 spiro atoms. The zero-order valence-electron chi connectivity index (χ0n) is 15.6. The Morgan fingerprint density at radius 3 is 2.20 bits per heavy atom. The van der Waals surface area contributed by atoms with Crippen LogP contribution in [-0.4, -0.2) is 24.1 Å². The van der Waals surface area contributed by atoms with Gasteiger partial charge in [-0.1, -0.05) is 12.1 Å². The summed E-state index contributed by atoms with van der Waals surface area (Å²) in [7, 11) is 0. The Balaban J connectivity index is 2.00. The molecule has 0 aliphatic carbocycles. The van der Waals surface area contributed by atoms with E-state index < -0.39 is 47.0 Å². The molecule has 4 nitrogen and oxygen atoms in total. The lowest BCUT2D eigenvalue weighted by Gasteiger charge is -2.26. The fraction of sp³-hybridized carbons (Fsp3) is 0.400. The Kier molecular flexibility index (Phi) is 6.35. The average molecular weight is 432 g/mol. The summed E-state index contributed by atoms with van der Waals surface area (Å²) in [6, 6.07) is 4.19. The van der Waals surface area contributed by atoms with E-state index in [4.69, 9.17) is 4.74 Å². The highest BCUT2D eigenvalue weighted by atomic mass is 19.4. The van der Waals surface area contributed by atoms with E-state index in [-0.39, 0.29) is 5.56 Å². The maximum Gasteiger partial charge on any atom is 0.418 e. The van der Waals surface area contributed by atoms with Crippen molar-refractivity contribution in [2.75, 3.05) is 13.2 Å². The molecule has 1 aliphatic rings. The van der Waals surface area contributed by atoms with Crippen molar-refractivity contribution < 1.29 is 35.9 Å². The van der Waals surface area contributed by atoms with Crippen LogP contribution in [0.15, 0.2) is 42.6 Å². The molecule has 0 bridgehead atoms. The summed E-state index contributed by atoms with van der Waals surface area (Å²) in [5.74, 6) is -0.962. The third-order valence-electron chi connectivity index (χ3n) is 4.87. The topological polar surface area (TPSA) is 51.2 Å². The highest BCUT2D eigenvalue weighted by molar-refractivity contribution is 5.79. The molecule has 30 heavy (non-hydrogen) atoms. The van der Waals surface area contributed by atoms with E-state index in [0.717, 1.165) is 42.6 Å². The Morgan fingerprint density at radius 1 is 1.00 bits per heavy atom. The number of halogens is 6. The molecule has 1 aromatic carbocycles. The van der Waals surface area contributed by atoms with E-state index in [2.05, 4.69) is 10.3 Å². The molecule has 1 N–H and O–H groups in total. The number of pyridine rings is 1. The van der Waals surface area contributed by atoms with Crippen molar-refractivity contribution in [1.29, 1.82) is 0 Å². The Labute approximate surface area is 168 Å². The lowest BCUT2D eigenvalue weighted by molar-refractivity contribution is -0.139. The lowest BCUT2D eigenvalue weighted by atomic mass is 9.95. The van der Waals surface area contributed by atoms with Crippen molar-refractivity contribution in [2.45, 2.75) is 31.2 Å². The molecule has 1 saturated heterocycles. The van der Waals surface area contributed by atoms with Crippen LogP contribution in [0, 0.1) is 5.92 Å². The molecule has 162 valence electrons. The maximum atomic E-state index is 13.5. The lowest BCUT2D eigenvalue weighted by Crippen LogP contribution is -2.38. The van der Waals surface area contributed by atoms with Gasteiger partial charge >= 0.3 is 12.4 Å². The fourth-order valence-electron chi connectivity index (χ4n) is 3.28. The minimum Gasteiger partial charge on any atom is -0.381 e. The largest absolute Gasteiger partial charge is 0.418 e. The molecule has 1 fully saturated rings. The number of ether oxygens (including phenoxy) is 1. The van der Waals surface area contributed by atoms with Gasteiger partial charge in [-0.2, -0.15) is 26.3 Å². The van der Waals surface area contributed by atoms with Gasteiger partial charge < -0.3 is 10.1 Å². The molecule has 0 radical (unpaired) electrons. The molecule has 1 aromatic heterocycles. The monoisotopic (exact) mass is 432 g/mol. The van der Waals surface area contributed by atoms with E-state index in [1.807, 2.05) is 0 Å². The van der Waals surface area contributed by atoms with Crippen molar-refractivity contribution in [3.63, 3.8) is 0 Å². The second-order valence-electron chi connectivity index (χ2n) is 6.88. The van der Waals surface area contributed by atoms with Crippen molar-refractivity contribution >= 4 is 5.91 Å². The van der Waals surface area contributed by atoms with Crippen LogP contribution in [0.2, 0.25) is 0 Å². The number of carbonyl (C=O) groups is 1. The smallest absolute Gasteiger partial charge is 0.381 e. The van der Waals surface area contributed by atoms with Crippen molar-refractivity contribution in [3.05, 3.63) is 65.0 Å². The third kappa shape index (κ3) is 5.10. The highest BCUT2D eigenvalue weighted by Crippen LogP contribution is 2.36. The van der Waals surface area contributed by atoms with E-state index in [0.29, 0.717) is 26.1 Å². The number of hydrogen-bond acceptors (Lipinski definition) is 3. The second-order valence-corrected chi connectivity index (χ2v) is 6.88. The maximum absolute atomic E-state index is 13.5. The number of nitrogens with one attached hydrogen (secondary N) is 1. The summed E-state index contributed by atoms with van der Waals surface area (Å²) in [6.45, 7) is 0.695. The summed E-state index contributed by atoms with van der Waals surface area (Å²) >= 11 is 0. The number of hydrogen-bond donors (Lipinski definition) is 1. The predicted molar refractivity (Wildman–Crippen MR) is 94.2 cm³/mol. The first-order chi connectivity index (χ1) is 14.1. The normalized spacial score (nSPS) is 16.9. The quantitative estimate of drug-likeness (QED) is 0.710. The van der Waals surface area contributed by atoms with Crippen molar-refractivity contribution in [3.8, 4) is 0 Å². The molecular formula is C20H18F6N2O2. The molecule has 1 atom stereocenters. The van der Waals surface area contributed by atoms with Crippen LogP contribution in [-0.2, 0) is 21.9 Å². The van der Waals surface area contributed by atoms with Crippen LogP contribution in [0.25, 0.3) is 0 Å². The Hall–Kier alpha value is -2.62. The SMILES string of the molecule is O=C(N[C@@H](c1ccc(C(F)(F)F)cc1)c1ncccc1C(F)(F)F)C1CCOCC1. The number of amides is 1. The first kappa shape index (κ1) is 22.1. The Morgan fingerprint density at radius 2 is 1.63 bits per heavy atom. The molecule has 10 heteroatoms. The van der Waals surface area contributed by atoms with Gasteiger partial charge in [0, 0.05) is 25.3 Å². The molecule has 1 aliphatic heterocycles. The van der Waals surface area contributed by atoms with E-state index in [9.17, 15) is 31.1 Å². The molecule has 0 unspecified atom stereocenters. The van der Waals surface area contributed by atoms with Gasteiger partial charge in [0.15, 0.2) is 0 Å². The van der Waals surface area contributed by atoms with Crippen LogP contribution < -0.4 is 5.32 Å². The van der Waals surface area contributed by atoms with Crippen LogP contribution in [0.1, 0.15) is 41.3 Å². The highest BCUT2D eigenvalue weighted by Gasteiger charge is 2.38. The van der Waals surface area contributed by atoms with Gasteiger partial charge in [0.2, 0.25) is 5.91 Å². The van der Waals surface area contributed by atoms with Crippen LogP contribution in [0.3, 0.4) is 0 Å². The number of alkyl halides is 6. The minimum atomic E-state index is -4.75. The van der Waals surface area contributed by atoms with Gasteiger partial charge in [0.1, 0.15) is 0 Å². The number of rotatable bonds is 4. The Bertz CT molecular complexity index is 874. The second kappa shape index (κ2) is 8.63. The number of benzene rings is 1. The van der Waals surface area contributed by atoms with Gasteiger partial charge in [-0.3, -0.25) is 9.78 Å². The van der Waals surface area contributed by atoms with E-state index in [1.54, 1.807) is 0 Å². The van der Waals surface area contributed by atoms with E-state index in [1.165, 1.54) is 0 Å². The van der Waals surface area contributed by atoms with Crippen LogP contribution in [0.5, 0.6) is 0 Å². The van der Waals surface area contributed by atoms with Crippen molar-refractivity contribution in [2.24, 2.45) is 5.92 Å². The fourth-order valence-corrected chi connectivity index (χ4v) is 3.28. The molecular weight excluding hydrogens is 414 g/mol. The van der Waals surface area contributed by atoms with Crippen LogP contribution >= 0.6 is 0 Å². The van der Waals surface area contributed by atoms with Gasteiger partial charge in [-0.15, -0.1) is 0 Å². The molecule has 2 aromatic rings. The zero-order valence-corrected chi connectivity index (χ0v) is 15.6. The number of carbonyl (C=O) groups excluding carboxylic acids is 1. The van der Waals surface area contributed by atoms with Gasteiger partial charge in [0.05, 0.1) is 22.9 Å². The average Bonchev–Trinajstić information content (AvgIpc) is 2.71. The third-order valence-corrected chi connectivity index (χ3v) is 4.87. The van der Waals surface area contributed by atoms with E-state index >= 15 is 0 Å². The summed E-state index contributed by atoms with van der Waals surface area (Å²) in [5.41, 5.74) is -2.43. The molecule has 3 rings (SSSR count).